The van der Waals surface area contributed by atoms with Gasteiger partial charge in [-0.3, -0.25) is 0 Å². The largest absolute Gasteiger partial charge is 1.00 e. The number of carbonyl (C=O) groups excluding carboxylic acids is 1. The van der Waals surface area contributed by atoms with Gasteiger partial charge in [0.05, 0.1) is 0 Å². The fourth-order valence-corrected chi connectivity index (χ4v) is 14.4. The molecule has 0 aromatic rings. The van der Waals surface area contributed by atoms with Crippen molar-refractivity contribution >= 4 is 19.5 Å². The zero-order valence-corrected chi connectivity index (χ0v) is 20.3. The average molecular weight is 457 g/mol. The van der Waals surface area contributed by atoms with Crippen molar-refractivity contribution in [2.75, 3.05) is 0 Å². The third-order valence-electron chi connectivity index (χ3n) is 9.54. The maximum atomic E-state index is 12.8. The molecule has 5 aliphatic carbocycles. The molecule has 6 heteroatoms. The molecule has 7 unspecified atom stereocenters. The van der Waals surface area contributed by atoms with Crippen LogP contribution in [-0.4, -0.2) is 19.5 Å². The van der Waals surface area contributed by atoms with E-state index in [0.717, 1.165) is 17.4 Å². The Morgan fingerprint density at radius 3 is 2.22 bits per heavy atom. The van der Waals surface area contributed by atoms with Crippen molar-refractivity contribution in [1.29, 1.82) is 0 Å². The molecule has 1 N–H and O–H groups in total. The molecule has 2 nitrogen and oxygen atoms in total. The number of rotatable bonds is 2. The topological polar surface area (TPSA) is 29.1 Å². The van der Waals surface area contributed by atoms with E-state index in [9.17, 15) is 4.79 Å². The quantitative estimate of drug-likeness (QED) is 0.475. The minimum Gasteiger partial charge on any atom is -1.00 e. The average Bonchev–Trinajstić information content (AvgIpc) is 3.51. The second-order valence-electron chi connectivity index (χ2n) is 9.87. The molecule has 5 fully saturated rings. The summed E-state index contributed by atoms with van der Waals surface area (Å²) >= 11 is 1.86. The number of allylic oxidation sites excluding steroid dienone is 2. The van der Waals surface area contributed by atoms with E-state index in [2.05, 4.69) is 29.8 Å². The summed E-state index contributed by atoms with van der Waals surface area (Å²) in [6.45, 7) is 4.90. The number of carbonyl (C=O) groups is 1. The number of fused-ring (bicyclic) bond motifs is 1. The van der Waals surface area contributed by atoms with Crippen molar-refractivity contribution in [3.05, 3.63) is 12.2 Å². The molecule has 1 aliphatic heterocycles. The van der Waals surface area contributed by atoms with Gasteiger partial charge < -0.3 is 24.8 Å². The Bertz CT molecular complexity index is 786. The molecule has 7 atom stereocenters. The molecule has 0 aromatic heterocycles. The van der Waals surface area contributed by atoms with Crippen molar-refractivity contribution in [3.8, 4) is 0 Å². The minimum atomic E-state index is -0.440. The minimum absolute atomic E-state index is 0. The van der Waals surface area contributed by atoms with Crippen LogP contribution in [0, 0.1) is 28.1 Å². The normalized spacial score (nSPS) is 52.8. The van der Waals surface area contributed by atoms with Gasteiger partial charge in [0.1, 0.15) is 0 Å². The smallest absolute Gasteiger partial charge is 1.00 e. The first-order chi connectivity index (χ1) is 12.1. The van der Waals surface area contributed by atoms with E-state index in [1.165, 1.54) is 51.4 Å². The van der Waals surface area contributed by atoms with E-state index in [1.807, 2.05) is 20.7 Å². The molecule has 0 radical (unpaired) electrons. The molecule has 6 rings (SSSR count). The first-order valence-corrected chi connectivity index (χ1v) is 12.8. The summed E-state index contributed by atoms with van der Waals surface area (Å²) in [6, 6.07) is 0. The van der Waals surface area contributed by atoms with Crippen molar-refractivity contribution in [2.24, 2.45) is 28.1 Å². The van der Waals surface area contributed by atoms with Crippen molar-refractivity contribution in [2.45, 2.75) is 75.8 Å². The predicted octanol–water partition coefficient (Wildman–Crippen LogP) is -2.08. The van der Waals surface area contributed by atoms with Crippen LogP contribution in [0.15, 0.2) is 12.2 Å². The molecule has 0 aromatic carbocycles. The van der Waals surface area contributed by atoms with Gasteiger partial charge in [-0.1, -0.05) is 0 Å². The van der Waals surface area contributed by atoms with E-state index >= 15 is 0 Å². The first kappa shape index (κ1) is 20.8. The summed E-state index contributed by atoms with van der Waals surface area (Å²) < 4.78 is 3.06. The molecule has 1 amide bonds. The Kier molecular flexibility index (Phi) is 4.68. The summed E-state index contributed by atoms with van der Waals surface area (Å²) in [7, 11) is -0.440. The maximum absolute atomic E-state index is 12.8. The van der Waals surface area contributed by atoms with Crippen LogP contribution >= 0.6 is 0 Å². The summed E-state index contributed by atoms with van der Waals surface area (Å²) in [5, 5.41) is 2.42. The van der Waals surface area contributed by atoms with Gasteiger partial charge in [0, 0.05) is 0 Å². The van der Waals surface area contributed by atoms with Gasteiger partial charge in [0.15, 0.2) is 0 Å². The standard InChI is InChI=1S/C21H29NOSi.2ClH.Ti/c1-13-9-10-14(2)24(13)19-12-8-6-4-3-5-7-11-18(17(22)23)15-20(18)16(19)21(15,19)20;;;/h9-10,13,15-16H,3-8,11-12H2,1-2H3,(H2,22,23);2*1H;/q;;;+3/p-3. The van der Waals surface area contributed by atoms with Crippen LogP contribution in [0.2, 0.25) is 10.6 Å². The molecular formula is C21H28Cl2NOSiTi. The van der Waals surface area contributed by atoms with E-state index < -0.39 is 8.41 Å². The molecule has 6 aliphatic rings. The van der Waals surface area contributed by atoms with Gasteiger partial charge in [-0.15, -0.1) is 0 Å². The number of nitrogens with one attached hydrogen (secondary N) is 1. The molecule has 5 saturated carbocycles. The fourth-order valence-electron chi connectivity index (χ4n) is 9.14. The summed E-state index contributed by atoms with van der Waals surface area (Å²) in [5.74, 6) is 2.13. The van der Waals surface area contributed by atoms with E-state index in [4.69, 9.17) is 0 Å². The van der Waals surface area contributed by atoms with Crippen LogP contribution < -0.4 is 28.6 Å². The van der Waals surface area contributed by atoms with Crippen molar-refractivity contribution in [3.63, 3.8) is 0 Å². The number of halogens is 2. The molecule has 145 valence electrons. The van der Waals surface area contributed by atoms with E-state index in [0.29, 0.717) is 21.8 Å². The second kappa shape index (κ2) is 6.06. The third-order valence-corrected chi connectivity index (χ3v) is 13.9. The van der Waals surface area contributed by atoms with Gasteiger partial charge in [-0.2, -0.15) is 0 Å². The van der Waals surface area contributed by atoms with Gasteiger partial charge in [-0.25, -0.2) is 0 Å². The van der Waals surface area contributed by atoms with Crippen LogP contribution in [-0.2, 0) is 25.5 Å². The van der Waals surface area contributed by atoms with Crippen molar-refractivity contribution in [1.82, 2.24) is 3.80 Å². The molecule has 2 spiro atoms. The summed E-state index contributed by atoms with van der Waals surface area (Å²) in [4.78, 5) is 12.8. The van der Waals surface area contributed by atoms with Gasteiger partial charge in [0.25, 0.3) is 0 Å². The van der Waals surface area contributed by atoms with Crippen molar-refractivity contribution < 1.29 is 50.3 Å². The van der Waals surface area contributed by atoms with Gasteiger partial charge in [0.2, 0.25) is 0 Å². The maximum Gasteiger partial charge on any atom is -1.00 e. The Labute approximate surface area is 188 Å². The monoisotopic (exact) mass is 456 g/mol. The predicted molar refractivity (Wildman–Crippen MR) is 97.0 cm³/mol. The molecule has 0 bridgehead atoms. The summed E-state index contributed by atoms with van der Waals surface area (Å²) in [5.41, 5.74) is 2.08. The SMILES string of the molecule is CC1=[Si](C23CCCCCCCCC4(C(=O)[NH][Ti+2])C5C46C2C536)C(C)C=C1.[Cl-].[Cl-]. The Hall–Kier alpha value is 0.591. The Morgan fingerprint density at radius 1 is 1.07 bits per heavy atom. The number of hydrogen-bond acceptors (Lipinski definition) is 1. The molecule has 1 heterocycles. The molecular weight excluding hydrogens is 429 g/mol. The van der Waals surface area contributed by atoms with Crippen LogP contribution in [0.4, 0.5) is 0 Å². The van der Waals surface area contributed by atoms with Crippen LogP contribution in [0.1, 0.15) is 65.2 Å². The van der Waals surface area contributed by atoms with E-state index in [-0.39, 0.29) is 30.2 Å². The van der Waals surface area contributed by atoms with Gasteiger partial charge >= 0.3 is 165 Å². The zero-order chi connectivity index (χ0) is 17.2. The second-order valence-corrected chi connectivity index (χ2v) is 13.7. The summed E-state index contributed by atoms with van der Waals surface area (Å²) in [6.07, 6.45) is 15.9. The number of amides is 1. The van der Waals surface area contributed by atoms with Gasteiger partial charge in [-0.05, 0) is 0 Å². The molecule has 27 heavy (non-hydrogen) atoms. The van der Waals surface area contributed by atoms with Crippen LogP contribution in [0.5, 0.6) is 0 Å². The Balaban J connectivity index is 0.000000900. The van der Waals surface area contributed by atoms with E-state index in [1.54, 1.807) is 5.17 Å². The van der Waals surface area contributed by atoms with Crippen LogP contribution in [0.3, 0.4) is 0 Å². The Morgan fingerprint density at radius 2 is 1.70 bits per heavy atom. The third kappa shape index (κ3) is 1.76. The molecule has 0 saturated heterocycles. The number of hydrogen-bond donors (Lipinski definition) is 1. The van der Waals surface area contributed by atoms with Crippen LogP contribution in [0.25, 0.3) is 0 Å². The zero-order valence-electron chi connectivity index (χ0n) is 16.2. The fraction of sp³-hybridized carbons (Fsp3) is 0.810. The first-order valence-electron chi connectivity index (χ1n) is 10.5.